The predicted octanol–water partition coefficient (Wildman–Crippen LogP) is -0.0276. The molecule has 1 saturated heterocycles. The van der Waals surface area contributed by atoms with E-state index >= 15 is 0 Å². The van der Waals surface area contributed by atoms with Crippen molar-refractivity contribution >= 4 is 23.1 Å². The number of esters is 1. The summed E-state index contributed by atoms with van der Waals surface area (Å²) in [6.45, 7) is -0.623. The molecule has 1 aliphatic rings. The number of carbonyl (C=O) groups excluding carboxylic acids is 1. The molecule has 1 fully saturated rings. The summed E-state index contributed by atoms with van der Waals surface area (Å²) < 4.78 is 18.1. The van der Waals surface area contributed by atoms with E-state index in [2.05, 4.69) is 15.0 Å². The maximum Gasteiger partial charge on any atom is 0.344 e. The van der Waals surface area contributed by atoms with E-state index in [0.717, 1.165) is 0 Å². The molecule has 1 aromatic carbocycles. The molecule has 1 aliphatic heterocycles. The Balaban J connectivity index is 1.45. The molecule has 3 atom stereocenters. The Hall–Kier alpha value is -3.44. The minimum Gasteiger partial charge on any atom is -0.482 e. The van der Waals surface area contributed by atoms with Crippen molar-refractivity contribution in [3.63, 3.8) is 0 Å². The predicted molar refractivity (Wildman–Crippen MR) is 100.0 cm³/mol. The van der Waals surface area contributed by atoms with E-state index in [0.29, 0.717) is 5.75 Å². The zero-order valence-electron chi connectivity index (χ0n) is 15.2. The smallest absolute Gasteiger partial charge is 0.344 e. The molecule has 0 radical (unpaired) electrons. The number of ether oxygens (including phenoxy) is 3. The van der Waals surface area contributed by atoms with Crippen molar-refractivity contribution < 1.29 is 24.1 Å². The fourth-order valence-electron chi connectivity index (χ4n) is 3.17. The number of rotatable bonds is 6. The third-order valence-corrected chi connectivity index (χ3v) is 4.50. The normalized spacial score (nSPS) is 21.3. The van der Waals surface area contributed by atoms with Gasteiger partial charge in [-0.1, -0.05) is 18.2 Å². The van der Waals surface area contributed by atoms with Crippen LogP contribution in [0.2, 0.25) is 0 Å². The molecule has 0 amide bonds. The highest BCUT2D eigenvalue weighted by Crippen LogP contribution is 2.32. The second-order valence-electron chi connectivity index (χ2n) is 6.45. The molecule has 4 rings (SSSR count). The molecule has 29 heavy (non-hydrogen) atoms. The zero-order valence-corrected chi connectivity index (χ0v) is 15.2. The highest BCUT2D eigenvalue weighted by Gasteiger charge is 2.39. The van der Waals surface area contributed by atoms with E-state index in [4.69, 9.17) is 19.9 Å². The molecule has 0 aliphatic carbocycles. The van der Waals surface area contributed by atoms with Gasteiger partial charge in [-0.25, -0.2) is 9.78 Å². The fraction of sp³-hybridized carbons (Fsp3) is 0.333. The molecule has 3 aromatic rings. The van der Waals surface area contributed by atoms with E-state index in [1.54, 1.807) is 24.3 Å². The standard InChI is InChI=1S/C18H19N5O6/c19-18-21-16-15(17(26)22-18)20-9-23(16)13-6-11(12(7-24)28-13)29-14(25)8-27-10-4-2-1-3-5-10/h1-5,9,11-13,24H,6-8H2,(H3,19,21,22,26). The van der Waals surface area contributed by atoms with E-state index < -0.39 is 30.0 Å². The van der Waals surface area contributed by atoms with Crippen LogP contribution in [0.4, 0.5) is 5.95 Å². The van der Waals surface area contributed by atoms with E-state index in [1.165, 1.54) is 10.9 Å². The first-order valence-corrected chi connectivity index (χ1v) is 8.91. The summed E-state index contributed by atoms with van der Waals surface area (Å²) in [4.78, 5) is 34.6. The summed E-state index contributed by atoms with van der Waals surface area (Å²) in [7, 11) is 0. The number of nitrogen functional groups attached to an aromatic ring is 1. The van der Waals surface area contributed by atoms with Crippen molar-refractivity contribution in [3.8, 4) is 5.75 Å². The lowest BCUT2D eigenvalue weighted by Gasteiger charge is -2.16. The number of aliphatic hydroxyl groups excluding tert-OH is 1. The molecule has 2 aromatic heterocycles. The lowest BCUT2D eigenvalue weighted by Crippen LogP contribution is -2.31. The summed E-state index contributed by atoms with van der Waals surface area (Å²) in [5.41, 5.74) is 5.49. The minimum absolute atomic E-state index is 0.0537. The molecular weight excluding hydrogens is 382 g/mol. The third kappa shape index (κ3) is 3.91. The average molecular weight is 401 g/mol. The SMILES string of the molecule is Nc1nc2c(ncn2C2CC(OC(=O)COc3ccccc3)C(CO)O2)c(=O)[nH]1. The summed E-state index contributed by atoms with van der Waals surface area (Å²) in [6, 6.07) is 8.87. The number of benzene rings is 1. The quantitative estimate of drug-likeness (QED) is 0.483. The number of aromatic amines is 1. The summed E-state index contributed by atoms with van der Waals surface area (Å²) in [5.74, 6) is -0.0969. The van der Waals surface area contributed by atoms with E-state index in [-0.39, 0.29) is 36.7 Å². The maximum absolute atomic E-state index is 12.2. The van der Waals surface area contributed by atoms with Crippen LogP contribution < -0.4 is 16.0 Å². The van der Waals surface area contributed by atoms with Crippen LogP contribution >= 0.6 is 0 Å². The number of imidazole rings is 1. The summed E-state index contributed by atoms with van der Waals surface area (Å²) in [5, 5.41) is 9.61. The van der Waals surface area contributed by atoms with Gasteiger partial charge in [0.1, 0.15) is 24.2 Å². The third-order valence-electron chi connectivity index (χ3n) is 4.50. The van der Waals surface area contributed by atoms with Crippen LogP contribution in [-0.2, 0) is 14.3 Å². The van der Waals surface area contributed by atoms with Gasteiger partial charge in [0.15, 0.2) is 17.8 Å². The highest BCUT2D eigenvalue weighted by molar-refractivity contribution is 5.71. The molecule has 0 bridgehead atoms. The van der Waals surface area contributed by atoms with Gasteiger partial charge < -0.3 is 25.1 Å². The number of anilines is 1. The van der Waals surface area contributed by atoms with E-state index in [9.17, 15) is 14.7 Å². The number of para-hydroxylation sites is 1. The van der Waals surface area contributed by atoms with Gasteiger partial charge in [0.2, 0.25) is 5.95 Å². The number of H-pyrrole nitrogens is 1. The lowest BCUT2D eigenvalue weighted by molar-refractivity contribution is -0.155. The van der Waals surface area contributed by atoms with Crippen LogP contribution in [0.3, 0.4) is 0 Å². The Bertz CT molecular complexity index is 1070. The van der Waals surface area contributed by atoms with Gasteiger partial charge in [-0.15, -0.1) is 0 Å². The number of hydrogen-bond acceptors (Lipinski definition) is 9. The first-order valence-electron chi connectivity index (χ1n) is 8.91. The van der Waals surface area contributed by atoms with Crippen LogP contribution in [-0.4, -0.2) is 56.0 Å². The topological polar surface area (TPSA) is 155 Å². The Kier molecular flexibility index (Phi) is 5.14. The number of aliphatic hydroxyl groups is 1. The second-order valence-corrected chi connectivity index (χ2v) is 6.45. The molecule has 3 unspecified atom stereocenters. The average Bonchev–Trinajstić information content (AvgIpc) is 3.31. The van der Waals surface area contributed by atoms with Gasteiger partial charge >= 0.3 is 5.97 Å². The number of nitrogens with one attached hydrogen (secondary N) is 1. The van der Waals surface area contributed by atoms with Gasteiger partial charge in [-0.05, 0) is 12.1 Å². The molecule has 3 heterocycles. The van der Waals surface area contributed by atoms with Crippen molar-refractivity contribution in [1.29, 1.82) is 0 Å². The van der Waals surface area contributed by atoms with Gasteiger partial charge in [-0.3, -0.25) is 14.3 Å². The lowest BCUT2D eigenvalue weighted by atomic mass is 10.2. The number of carbonyl (C=O) groups is 1. The number of nitrogens with zero attached hydrogens (tertiary/aromatic N) is 3. The Morgan fingerprint density at radius 3 is 2.93 bits per heavy atom. The van der Waals surface area contributed by atoms with E-state index in [1.807, 2.05) is 6.07 Å². The summed E-state index contributed by atoms with van der Waals surface area (Å²) >= 11 is 0. The number of hydrogen-bond donors (Lipinski definition) is 3. The second kappa shape index (κ2) is 7.89. The van der Waals surface area contributed by atoms with Crippen LogP contribution in [0.25, 0.3) is 11.2 Å². The first kappa shape index (κ1) is 18.9. The van der Waals surface area contributed by atoms with Crippen LogP contribution in [0.1, 0.15) is 12.6 Å². The number of fused-ring (bicyclic) bond motifs is 1. The molecule has 0 spiro atoms. The maximum atomic E-state index is 12.2. The van der Waals surface area contributed by atoms with Crippen molar-refractivity contribution in [2.45, 2.75) is 24.9 Å². The largest absolute Gasteiger partial charge is 0.482 e. The van der Waals surface area contributed by atoms with Crippen molar-refractivity contribution in [3.05, 3.63) is 47.0 Å². The number of aromatic nitrogens is 4. The minimum atomic E-state index is -0.738. The first-order chi connectivity index (χ1) is 14.0. The monoisotopic (exact) mass is 401 g/mol. The van der Waals surface area contributed by atoms with Crippen LogP contribution in [0.15, 0.2) is 41.5 Å². The molecule has 0 saturated carbocycles. The Morgan fingerprint density at radius 2 is 2.17 bits per heavy atom. The van der Waals surface area contributed by atoms with Crippen LogP contribution in [0.5, 0.6) is 5.75 Å². The van der Waals surface area contributed by atoms with Gasteiger partial charge in [0, 0.05) is 6.42 Å². The fourth-order valence-corrected chi connectivity index (χ4v) is 3.17. The highest BCUT2D eigenvalue weighted by atomic mass is 16.6. The van der Waals surface area contributed by atoms with Crippen molar-refractivity contribution in [2.24, 2.45) is 0 Å². The molecule has 11 heteroatoms. The van der Waals surface area contributed by atoms with Crippen molar-refractivity contribution in [2.75, 3.05) is 18.9 Å². The van der Waals surface area contributed by atoms with Gasteiger partial charge in [0.25, 0.3) is 5.56 Å². The molecular formula is C18H19N5O6. The Labute approximate surface area is 164 Å². The number of nitrogens with two attached hydrogens (primary N) is 1. The van der Waals surface area contributed by atoms with Gasteiger partial charge in [0.05, 0.1) is 12.9 Å². The summed E-state index contributed by atoms with van der Waals surface area (Å²) in [6.07, 6.45) is -0.444. The Morgan fingerprint density at radius 1 is 1.38 bits per heavy atom. The van der Waals surface area contributed by atoms with Crippen LogP contribution in [0, 0.1) is 0 Å². The van der Waals surface area contributed by atoms with Crippen molar-refractivity contribution in [1.82, 2.24) is 19.5 Å². The molecule has 11 nitrogen and oxygen atoms in total. The zero-order chi connectivity index (χ0) is 20.4. The molecule has 4 N–H and O–H groups in total. The van der Waals surface area contributed by atoms with Gasteiger partial charge in [-0.2, -0.15) is 4.98 Å². The molecule has 152 valence electrons.